The Morgan fingerprint density at radius 2 is 1.33 bits per heavy atom. The SMILES string of the molecule is CN[C@H](C=O)C(c1ccccc1)c1ccccc1. The zero-order valence-electron chi connectivity index (χ0n) is 10.4. The van der Waals surface area contributed by atoms with Gasteiger partial charge in [0.15, 0.2) is 0 Å². The van der Waals surface area contributed by atoms with E-state index in [1.807, 2.05) is 43.4 Å². The van der Waals surface area contributed by atoms with Gasteiger partial charge in [-0.15, -0.1) is 0 Å². The van der Waals surface area contributed by atoms with Crippen LogP contribution in [-0.4, -0.2) is 19.4 Å². The van der Waals surface area contributed by atoms with Gasteiger partial charge in [-0.25, -0.2) is 0 Å². The van der Waals surface area contributed by atoms with Crippen molar-refractivity contribution in [2.24, 2.45) is 0 Å². The van der Waals surface area contributed by atoms with E-state index in [4.69, 9.17) is 0 Å². The molecular formula is C16H17NO. The Labute approximate surface area is 108 Å². The molecule has 0 saturated heterocycles. The summed E-state index contributed by atoms with van der Waals surface area (Å²) in [4.78, 5) is 11.3. The van der Waals surface area contributed by atoms with Crippen LogP contribution in [0.1, 0.15) is 17.0 Å². The minimum atomic E-state index is -0.213. The van der Waals surface area contributed by atoms with Crippen molar-refractivity contribution in [1.82, 2.24) is 5.32 Å². The fourth-order valence-electron chi connectivity index (χ4n) is 2.24. The molecule has 0 amide bonds. The van der Waals surface area contributed by atoms with Crippen molar-refractivity contribution in [2.45, 2.75) is 12.0 Å². The zero-order chi connectivity index (χ0) is 12.8. The van der Waals surface area contributed by atoms with Gasteiger partial charge in [0.25, 0.3) is 0 Å². The van der Waals surface area contributed by atoms with Gasteiger partial charge >= 0.3 is 0 Å². The average Bonchev–Trinajstić information content (AvgIpc) is 2.46. The molecule has 0 aromatic heterocycles. The van der Waals surface area contributed by atoms with Crippen LogP contribution in [0.15, 0.2) is 60.7 Å². The number of benzene rings is 2. The van der Waals surface area contributed by atoms with E-state index in [-0.39, 0.29) is 12.0 Å². The molecule has 2 aromatic carbocycles. The van der Waals surface area contributed by atoms with E-state index < -0.39 is 0 Å². The summed E-state index contributed by atoms with van der Waals surface area (Å²) in [5, 5.41) is 3.08. The third kappa shape index (κ3) is 2.66. The molecule has 0 aliphatic heterocycles. The third-order valence-corrected chi connectivity index (χ3v) is 3.16. The average molecular weight is 239 g/mol. The van der Waals surface area contributed by atoms with Crippen LogP contribution in [-0.2, 0) is 4.79 Å². The monoisotopic (exact) mass is 239 g/mol. The summed E-state index contributed by atoms with van der Waals surface area (Å²) in [6.45, 7) is 0. The maximum Gasteiger partial charge on any atom is 0.137 e. The number of aldehydes is 1. The zero-order valence-corrected chi connectivity index (χ0v) is 10.4. The Bertz CT molecular complexity index is 441. The summed E-state index contributed by atoms with van der Waals surface area (Å²) in [7, 11) is 1.82. The predicted octanol–water partition coefficient (Wildman–Crippen LogP) is 2.61. The second kappa shape index (κ2) is 6.12. The molecule has 1 N–H and O–H groups in total. The third-order valence-electron chi connectivity index (χ3n) is 3.16. The summed E-state index contributed by atoms with van der Waals surface area (Å²) in [6, 6.07) is 20.0. The van der Waals surface area contributed by atoms with Crippen molar-refractivity contribution in [3.63, 3.8) is 0 Å². The van der Waals surface area contributed by atoms with E-state index in [9.17, 15) is 4.79 Å². The minimum Gasteiger partial charge on any atom is -0.310 e. The predicted molar refractivity (Wildman–Crippen MR) is 73.6 cm³/mol. The number of hydrogen-bond acceptors (Lipinski definition) is 2. The minimum absolute atomic E-state index is 0.0508. The van der Waals surface area contributed by atoms with Gasteiger partial charge in [-0.3, -0.25) is 0 Å². The van der Waals surface area contributed by atoms with Gasteiger partial charge in [0.05, 0.1) is 6.04 Å². The Balaban J connectivity index is 2.44. The first-order valence-electron chi connectivity index (χ1n) is 6.09. The van der Waals surface area contributed by atoms with Crippen molar-refractivity contribution < 1.29 is 4.79 Å². The lowest BCUT2D eigenvalue weighted by Crippen LogP contribution is -2.34. The molecule has 0 aliphatic rings. The molecule has 0 spiro atoms. The second-order valence-corrected chi connectivity index (χ2v) is 4.25. The van der Waals surface area contributed by atoms with Crippen molar-refractivity contribution in [3.8, 4) is 0 Å². The van der Waals surface area contributed by atoms with Crippen LogP contribution in [0.25, 0.3) is 0 Å². The van der Waals surface area contributed by atoms with Crippen molar-refractivity contribution in [3.05, 3.63) is 71.8 Å². The number of likely N-dealkylation sites (N-methyl/N-ethyl adjacent to an activating group) is 1. The van der Waals surface area contributed by atoms with E-state index in [1.54, 1.807) is 0 Å². The van der Waals surface area contributed by atoms with Gasteiger partial charge in [-0.1, -0.05) is 60.7 Å². The molecule has 2 nitrogen and oxygen atoms in total. The summed E-state index contributed by atoms with van der Waals surface area (Å²) >= 11 is 0. The highest BCUT2D eigenvalue weighted by molar-refractivity contribution is 5.62. The Kier molecular flexibility index (Phi) is 4.26. The molecule has 0 radical (unpaired) electrons. The number of nitrogens with one attached hydrogen (secondary N) is 1. The summed E-state index contributed by atoms with van der Waals surface area (Å²) in [5.74, 6) is 0.0508. The fraction of sp³-hybridized carbons (Fsp3) is 0.188. The molecule has 0 bridgehead atoms. The van der Waals surface area contributed by atoms with Crippen molar-refractivity contribution >= 4 is 6.29 Å². The molecule has 2 heteroatoms. The smallest absolute Gasteiger partial charge is 0.137 e. The first kappa shape index (κ1) is 12.5. The van der Waals surface area contributed by atoms with Crippen molar-refractivity contribution in [2.75, 3.05) is 7.05 Å². The molecule has 0 saturated carbocycles. The van der Waals surface area contributed by atoms with Crippen LogP contribution < -0.4 is 5.32 Å². The number of carbonyl (C=O) groups is 1. The maximum absolute atomic E-state index is 11.3. The topological polar surface area (TPSA) is 29.1 Å². The number of hydrogen-bond donors (Lipinski definition) is 1. The van der Waals surface area contributed by atoms with Gasteiger partial charge in [0.2, 0.25) is 0 Å². The van der Waals surface area contributed by atoms with E-state index in [0.717, 1.165) is 17.4 Å². The number of rotatable bonds is 5. The van der Waals surface area contributed by atoms with Crippen LogP contribution in [0.5, 0.6) is 0 Å². The quantitative estimate of drug-likeness (QED) is 0.813. The Morgan fingerprint density at radius 3 is 1.67 bits per heavy atom. The van der Waals surface area contributed by atoms with Gasteiger partial charge in [0.1, 0.15) is 6.29 Å². The molecule has 0 aliphatic carbocycles. The van der Waals surface area contributed by atoms with Crippen LogP contribution in [0.4, 0.5) is 0 Å². The summed E-state index contributed by atoms with van der Waals surface area (Å²) in [6.07, 6.45) is 0.977. The molecule has 0 fully saturated rings. The van der Waals surface area contributed by atoms with Crippen LogP contribution in [0.2, 0.25) is 0 Å². The molecule has 0 heterocycles. The van der Waals surface area contributed by atoms with Gasteiger partial charge < -0.3 is 10.1 Å². The Morgan fingerprint density at radius 1 is 0.889 bits per heavy atom. The number of carbonyl (C=O) groups excluding carboxylic acids is 1. The highest BCUT2D eigenvalue weighted by Crippen LogP contribution is 2.27. The largest absolute Gasteiger partial charge is 0.310 e. The first-order chi connectivity index (χ1) is 8.86. The van der Waals surface area contributed by atoms with Gasteiger partial charge in [0, 0.05) is 5.92 Å². The van der Waals surface area contributed by atoms with Crippen LogP contribution >= 0.6 is 0 Å². The highest BCUT2D eigenvalue weighted by atomic mass is 16.1. The molecule has 2 rings (SSSR count). The van der Waals surface area contributed by atoms with E-state index in [0.29, 0.717) is 0 Å². The summed E-state index contributed by atoms with van der Waals surface area (Å²) < 4.78 is 0. The summed E-state index contributed by atoms with van der Waals surface area (Å²) in [5.41, 5.74) is 2.30. The molecule has 92 valence electrons. The molecular weight excluding hydrogens is 222 g/mol. The van der Waals surface area contributed by atoms with Crippen molar-refractivity contribution in [1.29, 1.82) is 0 Å². The van der Waals surface area contributed by atoms with Gasteiger partial charge in [-0.05, 0) is 18.2 Å². The fourth-order valence-corrected chi connectivity index (χ4v) is 2.24. The van der Waals surface area contributed by atoms with Crippen LogP contribution in [0, 0.1) is 0 Å². The molecule has 0 unspecified atom stereocenters. The standard InChI is InChI=1S/C16H17NO/c1-17-15(12-18)16(13-8-4-2-5-9-13)14-10-6-3-7-11-14/h2-12,15-17H,1H3/t15-/m1/s1. The van der Waals surface area contributed by atoms with E-state index in [2.05, 4.69) is 29.6 Å². The first-order valence-corrected chi connectivity index (χ1v) is 6.09. The highest BCUT2D eigenvalue weighted by Gasteiger charge is 2.22. The molecule has 1 atom stereocenters. The normalized spacial score (nSPS) is 12.3. The molecule has 18 heavy (non-hydrogen) atoms. The Hall–Kier alpha value is -1.93. The second-order valence-electron chi connectivity index (χ2n) is 4.25. The lowest BCUT2D eigenvalue weighted by Gasteiger charge is -2.23. The lowest BCUT2D eigenvalue weighted by molar-refractivity contribution is -0.109. The van der Waals surface area contributed by atoms with Gasteiger partial charge in [-0.2, -0.15) is 0 Å². The van der Waals surface area contributed by atoms with E-state index in [1.165, 1.54) is 0 Å². The van der Waals surface area contributed by atoms with Crippen LogP contribution in [0.3, 0.4) is 0 Å². The van der Waals surface area contributed by atoms with E-state index >= 15 is 0 Å². The lowest BCUT2D eigenvalue weighted by atomic mass is 9.86. The molecule has 2 aromatic rings. The maximum atomic E-state index is 11.3.